The van der Waals surface area contributed by atoms with Crippen LogP contribution in [0.4, 0.5) is 11.5 Å². The van der Waals surface area contributed by atoms with Crippen molar-refractivity contribution in [3.63, 3.8) is 0 Å². The molecule has 1 atom stereocenters. The summed E-state index contributed by atoms with van der Waals surface area (Å²) in [6.07, 6.45) is 2.98. The number of para-hydroxylation sites is 1. The van der Waals surface area contributed by atoms with Gasteiger partial charge in [-0.1, -0.05) is 42.2 Å². The molecular weight excluding hydrogens is 601 g/mol. The predicted molar refractivity (Wildman–Crippen MR) is 174 cm³/mol. The molecule has 0 saturated carbocycles. The molecule has 0 radical (unpaired) electrons. The summed E-state index contributed by atoms with van der Waals surface area (Å²) in [4.78, 5) is 57.0. The molecule has 2 aliphatic heterocycles. The highest BCUT2D eigenvalue weighted by Crippen LogP contribution is 2.39. The molecule has 5 rings (SSSR count). The van der Waals surface area contributed by atoms with Crippen molar-refractivity contribution >= 4 is 57.8 Å². The number of amides is 1. The number of nitrogens with zero attached hydrogens (tertiary/aromatic N) is 6. The van der Waals surface area contributed by atoms with Crippen LogP contribution >= 0.6 is 24.0 Å². The molecule has 228 valence electrons. The lowest BCUT2D eigenvalue weighted by Gasteiger charge is -2.35. The van der Waals surface area contributed by atoms with E-state index in [-0.39, 0.29) is 39.0 Å². The number of esters is 1. The summed E-state index contributed by atoms with van der Waals surface area (Å²) in [6, 6.07) is 11.1. The maximum absolute atomic E-state index is 14.0. The van der Waals surface area contributed by atoms with Crippen molar-refractivity contribution < 1.29 is 14.3 Å². The molecule has 2 aliphatic rings. The van der Waals surface area contributed by atoms with Gasteiger partial charge in [-0.15, -0.1) is 0 Å². The molecule has 2 aromatic heterocycles. The van der Waals surface area contributed by atoms with Gasteiger partial charge in [-0.2, -0.15) is 5.26 Å². The Morgan fingerprint density at radius 2 is 1.86 bits per heavy atom. The molecule has 11 nitrogen and oxygen atoms in total. The van der Waals surface area contributed by atoms with Crippen LogP contribution in [0.15, 0.2) is 44.8 Å². The number of anilines is 2. The third kappa shape index (κ3) is 5.18. The number of hydrogen-bond donors (Lipinski definition) is 0. The monoisotopic (exact) mass is 632 g/mol. The van der Waals surface area contributed by atoms with Crippen molar-refractivity contribution in [1.29, 1.82) is 5.26 Å². The first kappa shape index (κ1) is 31.0. The number of piperidine rings is 1. The molecule has 0 spiro atoms. The van der Waals surface area contributed by atoms with Crippen molar-refractivity contribution in [2.45, 2.75) is 33.6 Å². The van der Waals surface area contributed by atoms with Gasteiger partial charge in [0.25, 0.3) is 17.0 Å². The zero-order chi connectivity index (χ0) is 31.9. The minimum atomic E-state index is -0.480. The van der Waals surface area contributed by atoms with Crippen molar-refractivity contribution in [1.82, 2.24) is 13.9 Å². The Balaban J connectivity index is 1.61. The van der Waals surface area contributed by atoms with Crippen molar-refractivity contribution in [3.8, 4) is 11.8 Å². The summed E-state index contributed by atoms with van der Waals surface area (Å²) >= 11 is 6.68. The van der Waals surface area contributed by atoms with Gasteiger partial charge in [0, 0.05) is 32.7 Å². The van der Waals surface area contributed by atoms with Crippen molar-refractivity contribution in [3.05, 3.63) is 78.3 Å². The van der Waals surface area contributed by atoms with Gasteiger partial charge in [0.15, 0.2) is 4.32 Å². The van der Waals surface area contributed by atoms with Crippen LogP contribution < -0.4 is 20.9 Å². The Hall–Kier alpha value is -4.41. The first-order chi connectivity index (χ1) is 21.0. The number of thioether (sulfide) groups is 1. The number of aromatic nitrogens is 3. The Bertz CT molecular complexity index is 1880. The Kier molecular flexibility index (Phi) is 8.67. The molecule has 1 amide bonds. The molecule has 0 N–H and O–H groups in total. The van der Waals surface area contributed by atoms with Gasteiger partial charge in [0.1, 0.15) is 23.1 Å². The lowest BCUT2D eigenvalue weighted by Crippen LogP contribution is -2.42. The second kappa shape index (κ2) is 12.3. The first-order valence-electron chi connectivity index (χ1n) is 14.2. The lowest BCUT2D eigenvalue weighted by molar-refractivity contribution is -0.148. The van der Waals surface area contributed by atoms with E-state index >= 15 is 0 Å². The number of carbonyl (C=O) groups is 2. The van der Waals surface area contributed by atoms with Gasteiger partial charge >= 0.3 is 5.97 Å². The number of pyridine rings is 1. The topological polar surface area (TPSA) is 123 Å². The highest BCUT2D eigenvalue weighted by molar-refractivity contribution is 8.27. The second-order valence-corrected chi connectivity index (χ2v) is 12.4. The zero-order valence-corrected chi connectivity index (χ0v) is 26.8. The minimum absolute atomic E-state index is 0.0402. The third-order valence-corrected chi connectivity index (χ3v) is 9.43. The number of rotatable bonds is 6. The maximum Gasteiger partial charge on any atom is 0.310 e. The maximum atomic E-state index is 14.0. The molecule has 4 heterocycles. The van der Waals surface area contributed by atoms with Gasteiger partial charge in [-0.25, -0.2) is 4.68 Å². The third-order valence-electron chi connectivity index (χ3n) is 8.13. The van der Waals surface area contributed by atoms with Crippen LogP contribution in [0.5, 0.6) is 0 Å². The fourth-order valence-electron chi connectivity index (χ4n) is 5.82. The van der Waals surface area contributed by atoms with E-state index in [4.69, 9.17) is 17.0 Å². The van der Waals surface area contributed by atoms with Crippen LogP contribution in [0, 0.1) is 31.1 Å². The summed E-state index contributed by atoms with van der Waals surface area (Å²) in [5.41, 5.74) is 1.37. The number of thiocarbonyl (C=S) groups is 1. The average molecular weight is 633 g/mol. The summed E-state index contributed by atoms with van der Waals surface area (Å²) in [5, 5.41) is 9.85. The first-order valence-corrected chi connectivity index (χ1v) is 15.4. The fraction of sp³-hybridized carbons (Fsp3) is 0.355. The largest absolute Gasteiger partial charge is 0.466 e. The molecule has 0 aliphatic carbocycles. The molecule has 2 saturated heterocycles. The number of benzene rings is 1. The molecular formula is C31H32N6O5S2. The lowest BCUT2D eigenvalue weighted by atomic mass is 9.96. The Morgan fingerprint density at radius 1 is 1.16 bits per heavy atom. The molecule has 2 fully saturated rings. The highest BCUT2D eigenvalue weighted by Gasteiger charge is 2.39. The smallest absolute Gasteiger partial charge is 0.310 e. The number of nitriles is 1. The zero-order valence-electron chi connectivity index (χ0n) is 25.1. The van der Waals surface area contributed by atoms with Crippen LogP contribution in [0.25, 0.3) is 11.8 Å². The average Bonchev–Trinajstić information content (AvgIpc) is 3.40. The standard InChI is InChI=1S/C31H32N6O5S2/c1-6-42-30(41)20-11-10-14-35(17-20)26-22(18(2)23(16-32)27(38)33(26)4)15-24-28(39)36(31(43)44-24)25-19(3)34(5)37(29(25)40)21-12-8-7-9-13-21/h7-9,12-13,15,20H,6,10-11,14,17H2,1-5H3/b24-15-. The van der Waals surface area contributed by atoms with E-state index in [1.807, 2.05) is 29.2 Å². The highest BCUT2D eigenvalue weighted by atomic mass is 32.2. The summed E-state index contributed by atoms with van der Waals surface area (Å²) in [7, 11) is 3.32. The minimum Gasteiger partial charge on any atom is -0.466 e. The predicted octanol–water partition coefficient (Wildman–Crippen LogP) is 3.55. The number of hydrogen-bond acceptors (Lipinski definition) is 9. The Morgan fingerprint density at radius 3 is 2.52 bits per heavy atom. The van der Waals surface area contributed by atoms with E-state index in [2.05, 4.69) is 0 Å². The van der Waals surface area contributed by atoms with Crippen LogP contribution in [0.2, 0.25) is 0 Å². The van der Waals surface area contributed by atoms with Gasteiger partial charge in [0.05, 0.1) is 28.8 Å². The van der Waals surface area contributed by atoms with Crippen LogP contribution in [0.1, 0.15) is 42.1 Å². The van der Waals surface area contributed by atoms with Crippen LogP contribution in [-0.2, 0) is 28.4 Å². The molecule has 1 unspecified atom stereocenters. The Labute approximate surface area is 263 Å². The van der Waals surface area contributed by atoms with Crippen LogP contribution in [0.3, 0.4) is 0 Å². The molecule has 13 heteroatoms. The summed E-state index contributed by atoms with van der Waals surface area (Å²) < 4.78 is 10.0. The quantitative estimate of drug-likeness (QED) is 0.228. The van der Waals surface area contributed by atoms with E-state index in [1.54, 1.807) is 57.8 Å². The normalized spacial score (nSPS) is 17.8. The molecule has 1 aromatic carbocycles. The number of ether oxygens (including phenoxy) is 1. The fourth-order valence-corrected chi connectivity index (χ4v) is 7.07. The summed E-state index contributed by atoms with van der Waals surface area (Å²) in [6.45, 7) is 6.34. The van der Waals surface area contributed by atoms with Gasteiger partial charge in [-0.3, -0.25) is 33.3 Å². The van der Waals surface area contributed by atoms with E-state index in [0.717, 1.165) is 11.8 Å². The van der Waals surface area contributed by atoms with Gasteiger partial charge < -0.3 is 9.64 Å². The molecule has 0 bridgehead atoms. The SMILES string of the molecule is CCOC(=O)C1CCCN(c2c(/C=C3\SC(=S)N(c4c(C)n(C)n(-c5ccccc5)c4=O)C3=O)c(C)c(C#N)c(=O)n2C)C1. The van der Waals surface area contributed by atoms with Crippen molar-refractivity contribution in [2.75, 3.05) is 29.5 Å². The van der Waals surface area contributed by atoms with Gasteiger partial charge in [-0.05, 0) is 57.4 Å². The van der Waals surface area contributed by atoms with E-state index < -0.39 is 17.0 Å². The second-order valence-electron chi connectivity index (χ2n) is 10.7. The van der Waals surface area contributed by atoms with E-state index in [0.29, 0.717) is 54.3 Å². The van der Waals surface area contributed by atoms with Crippen LogP contribution in [-0.4, -0.2) is 49.8 Å². The molecule has 3 aromatic rings. The summed E-state index contributed by atoms with van der Waals surface area (Å²) in [5.74, 6) is -0.664. The molecule has 44 heavy (non-hydrogen) atoms. The van der Waals surface area contributed by atoms with Crippen molar-refractivity contribution in [2.24, 2.45) is 20.0 Å². The van der Waals surface area contributed by atoms with E-state index in [1.165, 1.54) is 14.1 Å². The van der Waals surface area contributed by atoms with Gasteiger partial charge in [0.2, 0.25) is 0 Å². The van der Waals surface area contributed by atoms with E-state index in [9.17, 15) is 24.4 Å². The number of carbonyl (C=O) groups excluding carboxylic acids is 2.